The maximum Gasteiger partial charge on any atom is 0.307 e. The Labute approximate surface area is 318 Å². The minimum Gasteiger partial charge on any atom is -0.481 e. The monoisotopic (exact) mass is 730 g/mol. The number of amidine groups is 1. The zero-order valence-electron chi connectivity index (χ0n) is 33.6. The number of amides is 1. The predicted molar refractivity (Wildman–Crippen MR) is 218 cm³/mol. The summed E-state index contributed by atoms with van der Waals surface area (Å²) in [4.78, 5) is 43.2. The van der Waals surface area contributed by atoms with Crippen molar-refractivity contribution < 1.29 is 24.6 Å². The van der Waals surface area contributed by atoms with Crippen LogP contribution in [0.5, 0.6) is 0 Å². The van der Waals surface area contributed by atoms with E-state index in [1.54, 1.807) is 0 Å². The van der Waals surface area contributed by atoms with Crippen molar-refractivity contribution >= 4 is 23.7 Å². The van der Waals surface area contributed by atoms with Gasteiger partial charge in [0.1, 0.15) is 0 Å². The lowest BCUT2D eigenvalue weighted by molar-refractivity contribution is -0.145. The van der Waals surface area contributed by atoms with Gasteiger partial charge < -0.3 is 20.4 Å². The molecule has 0 aromatic carbocycles. The Balaban J connectivity index is 2.38. The molecule has 0 fully saturated rings. The Morgan fingerprint density at radius 1 is 0.712 bits per heavy atom. The Morgan fingerprint density at radius 2 is 1.25 bits per heavy atom. The Hall–Kier alpha value is -2.64. The van der Waals surface area contributed by atoms with E-state index in [9.17, 15) is 19.5 Å². The van der Waals surface area contributed by atoms with Gasteiger partial charge in [0.25, 0.3) is 0 Å². The summed E-state index contributed by atoms with van der Waals surface area (Å²) in [5.74, 6) is -1.62. The van der Waals surface area contributed by atoms with Gasteiger partial charge >= 0.3 is 11.9 Å². The number of carboxylic acid groups (broad SMARTS) is 2. The first kappa shape index (κ1) is 47.4. The molecule has 0 aromatic heterocycles. The first-order chi connectivity index (χ1) is 25.4. The summed E-state index contributed by atoms with van der Waals surface area (Å²) in [7, 11) is 0. The number of allylic oxidation sites excluding steroid dienone is 4. The highest BCUT2D eigenvalue weighted by atomic mass is 16.4. The van der Waals surface area contributed by atoms with Crippen molar-refractivity contribution in [3.63, 3.8) is 0 Å². The molecule has 0 saturated carbocycles. The van der Waals surface area contributed by atoms with Crippen LogP contribution < -0.4 is 5.32 Å². The van der Waals surface area contributed by atoms with Gasteiger partial charge in [-0.3, -0.25) is 19.4 Å². The van der Waals surface area contributed by atoms with E-state index in [1.165, 1.54) is 96.3 Å². The minimum atomic E-state index is -0.905. The smallest absolute Gasteiger partial charge is 0.307 e. The van der Waals surface area contributed by atoms with Gasteiger partial charge in [-0.05, 0) is 63.7 Å². The Morgan fingerprint density at radius 3 is 1.85 bits per heavy atom. The average molecular weight is 730 g/mol. The number of nitrogens with zero attached hydrogens (tertiary/aromatic N) is 2. The first-order valence-electron chi connectivity index (χ1n) is 21.7. The lowest BCUT2D eigenvalue weighted by Crippen LogP contribution is -2.38. The van der Waals surface area contributed by atoms with Crippen LogP contribution in [0.1, 0.15) is 194 Å². The van der Waals surface area contributed by atoms with Crippen molar-refractivity contribution in [3.8, 4) is 0 Å². The van der Waals surface area contributed by atoms with Crippen LogP contribution in [0.15, 0.2) is 29.3 Å². The SMILES string of the molecule is CCCCCCCCCC=CCCCCCCC1=NCCN1CCNC(=O)CC(C(=O)O)C(C=CCCCCCCC(=O)O)CCCCCCCC. The molecule has 300 valence electrons. The van der Waals surface area contributed by atoms with Crippen LogP contribution in [0.3, 0.4) is 0 Å². The van der Waals surface area contributed by atoms with Crippen molar-refractivity contribution in [1.82, 2.24) is 10.2 Å². The molecule has 0 spiro atoms. The summed E-state index contributed by atoms with van der Waals surface area (Å²) in [5.41, 5.74) is 0. The molecule has 1 heterocycles. The molecular weight excluding hydrogens is 651 g/mol. The number of hydrogen-bond donors (Lipinski definition) is 3. The second-order valence-electron chi connectivity index (χ2n) is 15.1. The van der Waals surface area contributed by atoms with Crippen LogP contribution in [0.25, 0.3) is 0 Å². The average Bonchev–Trinajstić information content (AvgIpc) is 3.57. The van der Waals surface area contributed by atoms with Gasteiger partial charge in [-0.25, -0.2) is 0 Å². The number of aliphatic carboxylic acids is 2. The molecule has 0 saturated heterocycles. The first-order valence-corrected chi connectivity index (χ1v) is 21.7. The van der Waals surface area contributed by atoms with Gasteiger partial charge in [0.2, 0.25) is 5.91 Å². The molecular formula is C44H79N3O5. The molecule has 2 unspecified atom stereocenters. The molecule has 1 aliphatic heterocycles. The van der Waals surface area contributed by atoms with Crippen molar-refractivity contribution in [1.29, 1.82) is 0 Å². The Bertz CT molecular complexity index is 994. The van der Waals surface area contributed by atoms with E-state index in [-0.39, 0.29) is 24.7 Å². The van der Waals surface area contributed by atoms with Crippen LogP contribution in [0.2, 0.25) is 0 Å². The van der Waals surface area contributed by atoms with Crippen molar-refractivity contribution in [2.45, 2.75) is 194 Å². The third-order valence-electron chi connectivity index (χ3n) is 10.4. The van der Waals surface area contributed by atoms with Crippen molar-refractivity contribution in [2.24, 2.45) is 16.8 Å². The summed E-state index contributed by atoms with van der Waals surface area (Å²) < 4.78 is 0. The quantitative estimate of drug-likeness (QED) is 0.0432. The van der Waals surface area contributed by atoms with Crippen LogP contribution in [-0.4, -0.2) is 65.0 Å². The maximum atomic E-state index is 13.0. The Kier molecular flexibility index (Phi) is 31.1. The van der Waals surface area contributed by atoms with Gasteiger partial charge in [0, 0.05) is 38.9 Å². The van der Waals surface area contributed by atoms with E-state index in [4.69, 9.17) is 10.1 Å². The summed E-state index contributed by atoms with van der Waals surface area (Å²) >= 11 is 0. The van der Waals surface area contributed by atoms with Gasteiger partial charge in [0.05, 0.1) is 18.3 Å². The number of unbranched alkanes of at least 4 members (excludes halogenated alkanes) is 20. The highest BCUT2D eigenvalue weighted by Crippen LogP contribution is 2.26. The number of hydrogen-bond acceptors (Lipinski definition) is 5. The molecule has 1 aliphatic rings. The van der Waals surface area contributed by atoms with Crippen LogP contribution in [0, 0.1) is 11.8 Å². The molecule has 52 heavy (non-hydrogen) atoms. The molecule has 3 N–H and O–H groups in total. The highest BCUT2D eigenvalue weighted by molar-refractivity contribution is 5.84. The van der Waals surface area contributed by atoms with Crippen LogP contribution in [0.4, 0.5) is 0 Å². The van der Waals surface area contributed by atoms with E-state index >= 15 is 0 Å². The molecule has 0 aliphatic carbocycles. The van der Waals surface area contributed by atoms with Gasteiger partial charge in [-0.15, -0.1) is 0 Å². The lowest BCUT2D eigenvalue weighted by atomic mass is 9.84. The van der Waals surface area contributed by atoms with E-state index in [0.29, 0.717) is 19.5 Å². The number of carboxylic acids is 2. The molecule has 1 amide bonds. The number of nitrogens with one attached hydrogen (secondary N) is 1. The normalized spacial score (nSPS) is 14.3. The predicted octanol–water partition coefficient (Wildman–Crippen LogP) is 11.3. The van der Waals surface area contributed by atoms with E-state index in [1.807, 2.05) is 6.08 Å². The molecule has 8 heteroatoms. The molecule has 0 bridgehead atoms. The second kappa shape index (κ2) is 34.1. The molecule has 0 aromatic rings. The third kappa shape index (κ3) is 27.0. The van der Waals surface area contributed by atoms with Crippen molar-refractivity contribution in [2.75, 3.05) is 26.2 Å². The van der Waals surface area contributed by atoms with Crippen molar-refractivity contribution in [3.05, 3.63) is 24.3 Å². The zero-order chi connectivity index (χ0) is 37.9. The van der Waals surface area contributed by atoms with Gasteiger partial charge in [0.15, 0.2) is 0 Å². The maximum absolute atomic E-state index is 13.0. The molecule has 2 atom stereocenters. The fourth-order valence-electron chi connectivity index (χ4n) is 7.14. The lowest BCUT2D eigenvalue weighted by Gasteiger charge is -2.23. The zero-order valence-corrected chi connectivity index (χ0v) is 33.6. The van der Waals surface area contributed by atoms with E-state index in [0.717, 1.165) is 83.1 Å². The fraction of sp³-hybridized carbons (Fsp3) is 0.818. The van der Waals surface area contributed by atoms with E-state index in [2.05, 4.69) is 42.3 Å². The van der Waals surface area contributed by atoms with E-state index < -0.39 is 17.9 Å². The molecule has 8 nitrogen and oxygen atoms in total. The largest absolute Gasteiger partial charge is 0.481 e. The summed E-state index contributed by atoms with van der Waals surface area (Å²) in [6.45, 7) is 7.37. The van der Waals surface area contributed by atoms with Gasteiger partial charge in [-0.1, -0.05) is 141 Å². The summed E-state index contributed by atoms with van der Waals surface area (Å²) in [5, 5.41) is 22.0. The standard InChI is InChI=1S/C44H79N3O5/c1-3-5-7-9-11-12-13-14-15-16-17-18-19-24-28-32-41-45-34-36-47(41)37-35-46-42(48)38-40(44(51)52)39(30-26-22-10-8-6-4-2)31-27-23-20-21-25-29-33-43(49)50/h15-16,27,31,39-40H,3-14,17-26,28-30,32-38H2,1-2H3,(H,46,48)(H,49,50)(H,51,52). The number of carbonyl (C=O) groups is 3. The summed E-state index contributed by atoms with van der Waals surface area (Å²) in [6.07, 6.45) is 38.9. The fourth-order valence-corrected chi connectivity index (χ4v) is 7.14. The number of carbonyl (C=O) groups excluding carboxylic acids is 1. The molecule has 0 radical (unpaired) electrons. The highest BCUT2D eigenvalue weighted by Gasteiger charge is 2.28. The third-order valence-corrected chi connectivity index (χ3v) is 10.4. The summed E-state index contributed by atoms with van der Waals surface area (Å²) in [6, 6.07) is 0. The minimum absolute atomic E-state index is 0.00930. The number of aliphatic imine (C=N–C) groups is 1. The van der Waals surface area contributed by atoms with Gasteiger partial charge in [-0.2, -0.15) is 0 Å². The van der Waals surface area contributed by atoms with Crippen LogP contribution in [-0.2, 0) is 14.4 Å². The second-order valence-corrected chi connectivity index (χ2v) is 15.1. The number of rotatable bonds is 37. The van der Waals surface area contributed by atoms with Crippen LogP contribution >= 0.6 is 0 Å². The molecule has 1 rings (SSSR count). The topological polar surface area (TPSA) is 119 Å².